The molecule has 0 bridgehead atoms. The Morgan fingerprint density at radius 2 is 2.25 bits per heavy atom. The van der Waals surface area contributed by atoms with Gasteiger partial charge in [0.25, 0.3) is 0 Å². The first-order valence-corrected chi connectivity index (χ1v) is 5.45. The largest absolute Gasteiger partial charge is 0.480 e. The van der Waals surface area contributed by atoms with Crippen LogP contribution in [0.5, 0.6) is 0 Å². The Morgan fingerprint density at radius 1 is 1.50 bits per heavy atom. The molecule has 1 atom stereocenters. The van der Waals surface area contributed by atoms with Gasteiger partial charge in [-0.25, -0.2) is 0 Å². The Balaban J connectivity index is 2.16. The second kappa shape index (κ2) is 4.53. The van der Waals surface area contributed by atoms with E-state index in [0.717, 1.165) is 12.2 Å². The highest BCUT2D eigenvalue weighted by molar-refractivity contribution is 5.75. The quantitative estimate of drug-likeness (QED) is 0.776. The molecule has 0 radical (unpaired) electrons. The summed E-state index contributed by atoms with van der Waals surface area (Å²) in [5, 5.41) is 12.0. The molecule has 1 aliphatic heterocycles. The summed E-state index contributed by atoms with van der Waals surface area (Å²) in [5.74, 6) is -0.779. The number of aliphatic carboxylic acids is 1. The minimum Gasteiger partial charge on any atom is -0.480 e. The van der Waals surface area contributed by atoms with Crippen molar-refractivity contribution in [3.63, 3.8) is 0 Å². The number of carbonyl (C=O) groups is 1. The number of nitrogens with one attached hydrogen (secondary N) is 1. The van der Waals surface area contributed by atoms with Crippen LogP contribution in [0.2, 0.25) is 0 Å². The predicted molar refractivity (Wildman–Crippen MR) is 62.8 cm³/mol. The Hall–Kier alpha value is -1.55. The minimum absolute atomic E-state index is 0.464. The van der Waals surface area contributed by atoms with Crippen LogP contribution >= 0.6 is 0 Å². The fourth-order valence-corrected chi connectivity index (χ4v) is 2.05. The van der Waals surface area contributed by atoms with E-state index < -0.39 is 12.0 Å². The summed E-state index contributed by atoms with van der Waals surface area (Å²) in [4.78, 5) is 13.1. The van der Waals surface area contributed by atoms with E-state index in [1.54, 1.807) is 0 Å². The van der Waals surface area contributed by atoms with Crippen molar-refractivity contribution in [3.8, 4) is 0 Å². The Bertz CT molecular complexity index is 392. The van der Waals surface area contributed by atoms with Crippen LogP contribution in [0.15, 0.2) is 24.3 Å². The number of aryl methyl sites for hydroxylation is 1. The molecule has 0 aromatic heterocycles. The Labute approximate surface area is 94.9 Å². The number of benzene rings is 1. The molecular formula is C12H16N2O2. The van der Waals surface area contributed by atoms with Gasteiger partial charge in [0, 0.05) is 25.3 Å². The maximum Gasteiger partial charge on any atom is 0.322 e. The molecule has 0 saturated carbocycles. The normalized spacial score (nSPS) is 20.8. The van der Waals surface area contributed by atoms with E-state index in [4.69, 9.17) is 5.11 Å². The molecule has 4 nitrogen and oxygen atoms in total. The lowest BCUT2D eigenvalue weighted by atomic mass is 10.1. The minimum atomic E-state index is -0.779. The second-order valence-electron chi connectivity index (χ2n) is 4.08. The van der Waals surface area contributed by atoms with Crippen molar-refractivity contribution in [1.82, 2.24) is 5.32 Å². The third kappa shape index (κ3) is 2.17. The first kappa shape index (κ1) is 11.0. The molecule has 86 valence electrons. The molecule has 2 rings (SSSR count). The van der Waals surface area contributed by atoms with Crippen molar-refractivity contribution in [1.29, 1.82) is 0 Å². The second-order valence-corrected chi connectivity index (χ2v) is 4.08. The van der Waals surface area contributed by atoms with Crippen molar-refractivity contribution in [2.45, 2.75) is 13.0 Å². The molecule has 1 aliphatic rings. The van der Waals surface area contributed by atoms with Crippen molar-refractivity contribution >= 4 is 11.7 Å². The van der Waals surface area contributed by atoms with Gasteiger partial charge in [0.05, 0.1) is 0 Å². The van der Waals surface area contributed by atoms with Crippen LogP contribution in [0, 0.1) is 6.92 Å². The fourth-order valence-electron chi connectivity index (χ4n) is 2.05. The van der Waals surface area contributed by atoms with Crippen LogP contribution in [0.3, 0.4) is 0 Å². The van der Waals surface area contributed by atoms with Crippen LogP contribution in [0.25, 0.3) is 0 Å². The van der Waals surface area contributed by atoms with E-state index in [1.165, 1.54) is 5.56 Å². The van der Waals surface area contributed by atoms with Gasteiger partial charge in [0.1, 0.15) is 6.04 Å². The van der Waals surface area contributed by atoms with Gasteiger partial charge in [-0.15, -0.1) is 0 Å². The number of para-hydroxylation sites is 1. The van der Waals surface area contributed by atoms with Crippen molar-refractivity contribution in [2.75, 3.05) is 24.5 Å². The lowest BCUT2D eigenvalue weighted by molar-refractivity contribution is -0.139. The molecule has 2 N–H and O–H groups in total. The van der Waals surface area contributed by atoms with E-state index in [1.807, 2.05) is 31.2 Å². The van der Waals surface area contributed by atoms with Crippen molar-refractivity contribution in [3.05, 3.63) is 29.8 Å². The molecule has 1 saturated heterocycles. The molecule has 4 heteroatoms. The molecule has 1 aromatic carbocycles. The predicted octanol–water partition coefficient (Wildman–Crippen LogP) is 0.858. The zero-order valence-electron chi connectivity index (χ0n) is 9.31. The molecule has 16 heavy (non-hydrogen) atoms. The van der Waals surface area contributed by atoms with Gasteiger partial charge in [-0.1, -0.05) is 18.2 Å². The van der Waals surface area contributed by atoms with E-state index in [9.17, 15) is 4.79 Å². The number of piperazine rings is 1. The molecule has 0 spiro atoms. The molecule has 1 unspecified atom stereocenters. The van der Waals surface area contributed by atoms with Gasteiger partial charge in [0.2, 0.25) is 0 Å². The van der Waals surface area contributed by atoms with Crippen molar-refractivity contribution in [2.24, 2.45) is 0 Å². The molecule has 0 aliphatic carbocycles. The van der Waals surface area contributed by atoms with Crippen LogP contribution in [-0.4, -0.2) is 36.8 Å². The van der Waals surface area contributed by atoms with Crippen LogP contribution in [0.1, 0.15) is 5.56 Å². The summed E-state index contributed by atoms with van der Waals surface area (Å²) in [7, 11) is 0. The summed E-state index contributed by atoms with van der Waals surface area (Å²) in [5.41, 5.74) is 2.32. The topological polar surface area (TPSA) is 52.6 Å². The Kier molecular flexibility index (Phi) is 3.10. The maximum absolute atomic E-state index is 10.9. The highest BCUT2D eigenvalue weighted by Gasteiger charge is 2.25. The molecule has 1 aromatic rings. The average Bonchev–Trinajstić information content (AvgIpc) is 2.30. The summed E-state index contributed by atoms with van der Waals surface area (Å²) < 4.78 is 0. The van der Waals surface area contributed by atoms with Gasteiger partial charge < -0.3 is 15.3 Å². The fraction of sp³-hybridized carbons (Fsp3) is 0.417. The lowest BCUT2D eigenvalue weighted by Gasteiger charge is -2.34. The smallest absolute Gasteiger partial charge is 0.322 e. The van der Waals surface area contributed by atoms with Gasteiger partial charge in [-0.3, -0.25) is 4.79 Å². The zero-order chi connectivity index (χ0) is 11.5. The van der Waals surface area contributed by atoms with Gasteiger partial charge >= 0.3 is 5.97 Å². The third-order valence-electron chi connectivity index (χ3n) is 2.93. The Morgan fingerprint density at radius 3 is 2.94 bits per heavy atom. The van der Waals surface area contributed by atoms with Crippen LogP contribution in [-0.2, 0) is 4.79 Å². The van der Waals surface area contributed by atoms with Gasteiger partial charge in [-0.05, 0) is 18.6 Å². The first-order valence-electron chi connectivity index (χ1n) is 5.45. The van der Waals surface area contributed by atoms with Gasteiger partial charge in [0.15, 0.2) is 0 Å². The van der Waals surface area contributed by atoms with Crippen molar-refractivity contribution < 1.29 is 9.90 Å². The molecular weight excluding hydrogens is 204 g/mol. The van der Waals surface area contributed by atoms with E-state index >= 15 is 0 Å². The summed E-state index contributed by atoms with van der Waals surface area (Å²) in [6.45, 7) is 4.15. The number of nitrogens with zero attached hydrogens (tertiary/aromatic N) is 1. The number of rotatable bonds is 2. The number of carboxylic acids is 1. The number of hydrogen-bond acceptors (Lipinski definition) is 3. The van der Waals surface area contributed by atoms with Gasteiger partial charge in [-0.2, -0.15) is 0 Å². The lowest BCUT2D eigenvalue weighted by Crippen LogP contribution is -2.54. The molecule has 1 fully saturated rings. The molecule has 0 amide bonds. The highest BCUT2D eigenvalue weighted by atomic mass is 16.4. The summed E-state index contributed by atoms with van der Waals surface area (Å²) in [6.07, 6.45) is 0. The maximum atomic E-state index is 10.9. The van der Waals surface area contributed by atoms with Crippen LogP contribution in [0.4, 0.5) is 5.69 Å². The summed E-state index contributed by atoms with van der Waals surface area (Å²) >= 11 is 0. The highest BCUT2D eigenvalue weighted by Crippen LogP contribution is 2.20. The standard InChI is InChI=1S/C12H16N2O2/c1-9-4-2-3-5-11(9)14-7-6-13-10(8-14)12(15)16/h2-5,10,13H,6-8H2,1H3,(H,15,16). The number of anilines is 1. The average molecular weight is 220 g/mol. The van der Waals surface area contributed by atoms with Crippen LogP contribution < -0.4 is 10.2 Å². The van der Waals surface area contributed by atoms with E-state index in [2.05, 4.69) is 10.2 Å². The zero-order valence-corrected chi connectivity index (χ0v) is 9.31. The third-order valence-corrected chi connectivity index (χ3v) is 2.93. The number of hydrogen-bond donors (Lipinski definition) is 2. The number of carboxylic acid groups (broad SMARTS) is 1. The monoisotopic (exact) mass is 220 g/mol. The SMILES string of the molecule is Cc1ccccc1N1CCNC(C(=O)O)C1. The van der Waals surface area contributed by atoms with E-state index in [0.29, 0.717) is 13.1 Å². The summed E-state index contributed by atoms with van der Waals surface area (Å²) in [6, 6.07) is 7.61. The van der Waals surface area contributed by atoms with E-state index in [-0.39, 0.29) is 0 Å². The molecule has 1 heterocycles. The first-order chi connectivity index (χ1) is 7.68.